The first-order chi connectivity index (χ1) is 20.8. The summed E-state index contributed by atoms with van der Waals surface area (Å²) >= 11 is 0. The number of aliphatic carboxylic acids is 1. The standard InChI is InChI=1S/C27H29N9O7S/c28-16-8-10-18(20(12-16)44(41,42)43)25(38)31-11-1-2-19(26(39)40)34-24(37)15-6-3-14(4-7-15)5-9-17-13-32-23-21(33-17)22(29)35-27(30)36-23/h3-4,6-8,10,12-13,19H,1-2,5,9,11,28H2,(H,31,38)(H,34,37)(H,39,40)(H,41,42,43)(H4,29,30,32,35,36)/t19-/m0/s1. The molecular weight excluding hydrogens is 594 g/mol. The van der Waals surface area contributed by atoms with Crippen molar-refractivity contribution in [3.8, 4) is 0 Å². The number of rotatable bonds is 12. The fourth-order valence-electron chi connectivity index (χ4n) is 4.24. The Morgan fingerprint density at radius 2 is 1.66 bits per heavy atom. The number of carboxylic acids is 1. The van der Waals surface area contributed by atoms with Gasteiger partial charge < -0.3 is 32.9 Å². The molecule has 0 radical (unpaired) electrons. The molecule has 2 aromatic heterocycles. The molecule has 16 nitrogen and oxygen atoms in total. The second-order valence-corrected chi connectivity index (χ2v) is 11.1. The Balaban J connectivity index is 1.28. The second kappa shape index (κ2) is 13.3. The van der Waals surface area contributed by atoms with Gasteiger partial charge in [0, 0.05) is 17.8 Å². The molecular formula is C27H29N9O7S. The summed E-state index contributed by atoms with van der Waals surface area (Å²) in [6.45, 7) is -0.0300. The Hall–Kier alpha value is -5.42. The molecule has 2 aromatic carbocycles. The highest BCUT2D eigenvalue weighted by molar-refractivity contribution is 7.86. The Morgan fingerprint density at radius 3 is 2.34 bits per heavy atom. The highest BCUT2D eigenvalue weighted by Crippen LogP contribution is 2.19. The van der Waals surface area contributed by atoms with Crippen LogP contribution in [0.4, 0.5) is 17.5 Å². The number of nitrogens with one attached hydrogen (secondary N) is 2. The van der Waals surface area contributed by atoms with Crippen molar-refractivity contribution in [2.45, 2.75) is 36.6 Å². The number of benzene rings is 2. The fourth-order valence-corrected chi connectivity index (χ4v) is 4.96. The van der Waals surface area contributed by atoms with E-state index in [2.05, 4.69) is 30.6 Å². The maximum Gasteiger partial charge on any atom is 0.326 e. The normalized spacial score (nSPS) is 12.0. The van der Waals surface area contributed by atoms with Crippen molar-refractivity contribution in [1.82, 2.24) is 30.6 Å². The zero-order valence-electron chi connectivity index (χ0n) is 23.1. The van der Waals surface area contributed by atoms with Crippen molar-refractivity contribution in [1.29, 1.82) is 0 Å². The third-order valence-corrected chi connectivity index (χ3v) is 7.37. The van der Waals surface area contributed by atoms with Crippen molar-refractivity contribution >= 4 is 56.5 Å². The number of carbonyl (C=O) groups excluding carboxylic acids is 2. The van der Waals surface area contributed by atoms with Crippen LogP contribution in [0.1, 0.15) is 44.8 Å². The summed E-state index contributed by atoms with van der Waals surface area (Å²) in [5, 5.41) is 14.5. The van der Waals surface area contributed by atoms with Gasteiger partial charge in [0.15, 0.2) is 17.0 Å². The van der Waals surface area contributed by atoms with Crippen LogP contribution in [0.2, 0.25) is 0 Å². The number of nitrogens with zero attached hydrogens (tertiary/aromatic N) is 4. The minimum absolute atomic E-state index is 0.00827. The SMILES string of the molecule is Nc1ccc(C(=O)NCCC[C@H](NC(=O)c2ccc(CCc3cnc4nc(N)nc(N)c4n3)cc2)C(=O)O)c(S(=O)(=O)O)c1. The van der Waals surface area contributed by atoms with Gasteiger partial charge in [-0.3, -0.25) is 14.1 Å². The molecule has 10 N–H and O–H groups in total. The average Bonchev–Trinajstić information content (AvgIpc) is 2.97. The topological polar surface area (TPSA) is 279 Å². The number of aryl methyl sites for hydroxylation is 2. The molecule has 44 heavy (non-hydrogen) atoms. The molecule has 0 saturated carbocycles. The lowest BCUT2D eigenvalue weighted by atomic mass is 10.1. The number of hydrogen-bond acceptors (Lipinski definition) is 12. The van der Waals surface area contributed by atoms with Gasteiger partial charge in [0.05, 0.1) is 17.5 Å². The lowest BCUT2D eigenvalue weighted by Crippen LogP contribution is -2.41. The lowest BCUT2D eigenvalue weighted by Gasteiger charge is -2.15. The zero-order chi connectivity index (χ0) is 32.0. The molecule has 0 spiro atoms. The first-order valence-corrected chi connectivity index (χ1v) is 14.6. The number of aromatic nitrogens is 4. The van der Waals surface area contributed by atoms with Crippen LogP contribution in [-0.4, -0.2) is 68.4 Å². The van der Waals surface area contributed by atoms with Crippen LogP contribution in [0.15, 0.2) is 53.6 Å². The van der Waals surface area contributed by atoms with Crippen LogP contribution < -0.4 is 27.8 Å². The lowest BCUT2D eigenvalue weighted by molar-refractivity contribution is -0.139. The molecule has 230 valence electrons. The summed E-state index contributed by atoms with van der Waals surface area (Å²) in [7, 11) is -4.71. The molecule has 0 saturated heterocycles. The van der Waals surface area contributed by atoms with E-state index in [9.17, 15) is 32.5 Å². The summed E-state index contributed by atoms with van der Waals surface area (Å²) in [6.07, 6.45) is 2.78. The van der Waals surface area contributed by atoms with Crippen molar-refractivity contribution < 1.29 is 32.5 Å². The predicted octanol–water partition coefficient (Wildman–Crippen LogP) is 0.592. The quantitative estimate of drug-likeness (QED) is 0.0646. The van der Waals surface area contributed by atoms with Gasteiger partial charge in [-0.25, -0.2) is 14.8 Å². The number of fused-ring (bicyclic) bond motifs is 1. The number of anilines is 3. The first kappa shape index (κ1) is 31.5. The van der Waals surface area contributed by atoms with Crippen LogP contribution in [0, 0.1) is 0 Å². The summed E-state index contributed by atoms with van der Waals surface area (Å²) in [5.74, 6) is -2.52. The fraction of sp³-hybridized carbons (Fsp3) is 0.222. The molecule has 0 bridgehead atoms. The zero-order valence-corrected chi connectivity index (χ0v) is 23.9. The summed E-state index contributed by atoms with van der Waals surface area (Å²) in [4.78, 5) is 52.9. The molecule has 2 heterocycles. The minimum atomic E-state index is -4.71. The minimum Gasteiger partial charge on any atom is -0.480 e. The second-order valence-electron chi connectivity index (χ2n) is 9.69. The monoisotopic (exact) mass is 623 g/mol. The first-order valence-electron chi connectivity index (χ1n) is 13.1. The van der Waals surface area contributed by atoms with E-state index in [0.29, 0.717) is 29.7 Å². The van der Waals surface area contributed by atoms with Gasteiger partial charge in [0.1, 0.15) is 10.9 Å². The van der Waals surface area contributed by atoms with Gasteiger partial charge in [-0.15, -0.1) is 0 Å². The van der Waals surface area contributed by atoms with E-state index in [1.807, 2.05) is 0 Å². The van der Waals surface area contributed by atoms with Gasteiger partial charge in [-0.2, -0.15) is 18.4 Å². The molecule has 17 heteroatoms. The van der Waals surface area contributed by atoms with Crippen molar-refractivity contribution in [2.24, 2.45) is 0 Å². The van der Waals surface area contributed by atoms with Crippen molar-refractivity contribution in [2.75, 3.05) is 23.7 Å². The maximum absolute atomic E-state index is 12.7. The van der Waals surface area contributed by atoms with E-state index in [-0.39, 0.29) is 48.0 Å². The molecule has 4 aromatic rings. The molecule has 0 fully saturated rings. The van der Waals surface area contributed by atoms with E-state index < -0.39 is 38.8 Å². The van der Waals surface area contributed by atoms with Crippen LogP contribution in [0.25, 0.3) is 11.2 Å². The maximum atomic E-state index is 12.7. The smallest absolute Gasteiger partial charge is 0.326 e. The summed E-state index contributed by atoms with van der Waals surface area (Å²) in [5.41, 5.74) is 19.2. The van der Waals surface area contributed by atoms with Gasteiger partial charge in [0.25, 0.3) is 21.9 Å². The van der Waals surface area contributed by atoms with E-state index in [0.717, 1.165) is 17.7 Å². The van der Waals surface area contributed by atoms with Gasteiger partial charge in [-0.1, -0.05) is 12.1 Å². The van der Waals surface area contributed by atoms with Gasteiger partial charge in [0.2, 0.25) is 5.95 Å². The van der Waals surface area contributed by atoms with Crippen LogP contribution in [-0.2, 0) is 27.8 Å². The Kier molecular flexibility index (Phi) is 9.50. The third kappa shape index (κ3) is 7.90. The molecule has 2 amide bonds. The Labute approximate surface area is 250 Å². The van der Waals surface area contributed by atoms with Gasteiger partial charge in [-0.05, 0) is 61.6 Å². The summed E-state index contributed by atoms with van der Waals surface area (Å²) in [6, 6.07) is 8.79. The molecule has 4 rings (SSSR count). The predicted molar refractivity (Wildman–Crippen MR) is 159 cm³/mol. The van der Waals surface area contributed by atoms with Crippen LogP contribution in [0.5, 0.6) is 0 Å². The van der Waals surface area contributed by atoms with E-state index >= 15 is 0 Å². The molecule has 1 atom stereocenters. The number of amides is 2. The van der Waals surface area contributed by atoms with Crippen molar-refractivity contribution in [3.63, 3.8) is 0 Å². The number of nitrogen functional groups attached to an aromatic ring is 3. The molecule has 0 aliphatic carbocycles. The van der Waals surface area contributed by atoms with Crippen molar-refractivity contribution in [3.05, 3.63) is 71.0 Å². The molecule has 0 aliphatic rings. The summed E-state index contributed by atoms with van der Waals surface area (Å²) < 4.78 is 32.6. The van der Waals surface area contributed by atoms with E-state index in [1.165, 1.54) is 6.07 Å². The molecule has 0 unspecified atom stereocenters. The highest BCUT2D eigenvalue weighted by atomic mass is 32.2. The Morgan fingerprint density at radius 1 is 0.932 bits per heavy atom. The highest BCUT2D eigenvalue weighted by Gasteiger charge is 2.23. The van der Waals surface area contributed by atoms with E-state index in [1.54, 1.807) is 30.5 Å². The van der Waals surface area contributed by atoms with Crippen LogP contribution in [0.3, 0.4) is 0 Å². The largest absolute Gasteiger partial charge is 0.480 e. The number of carbonyl (C=O) groups is 3. The van der Waals surface area contributed by atoms with E-state index in [4.69, 9.17) is 17.2 Å². The number of nitrogens with two attached hydrogens (primary N) is 3. The Bertz CT molecular complexity index is 1830. The average molecular weight is 624 g/mol. The number of carboxylic acid groups (broad SMARTS) is 1. The van der Waals surface area contributed by atoms with Crippen LogP contribution >= 0.6 is 0 Å². The third-order valence-electron chi connectivity index (χ3n) is 6.47. The van der Waals surface area contributed by atoms with Gasteiger partial charge >= 0.3 is 5.97 Å². The molecule has 0 aliphatic heterocycles. The number of hydrogen-bond donors (Lipinski definition) is 7.